The molecule has 2 fully saturated rings. The maximum atomic E-state index is 11.0. The number of nitrogens with zero attached hydrogens (tertiary/aromatic N) is 1. The number of esters is 1. The molecule has 0 amide bonds. The molecule has 0 aromatic rings. The van der Waals surface area contributed by atoms with Gasteiger partial charge in [-0.25, -0.2) is 4.79 Å². The predicted molar refractivity (Wildman–Crippen MR) is 58.5 cm³/mol. The molecule has 1 aliphatic carbocycles. The Morgan fingerprint density at radius 1 is 1.53 bits per heavy atom. The van der Waals surface area contributed by atoms with Crippen molar-refractivity contribution in [1.82, 2.24) is 4.90 Å². The van der Waals surface area contributed by atoms with E-state index < -0.39 is 0 Å². The Balaban J connectivity index is 1.72. The average Bonchev–Trinajstić information content (AvgIpc) is 2.79. The molecule has 2 unspecified atom stereocenters. The van der Waals surface area contributed by atoms with Gasteiger partial charge < -0.3 is 4.74 Å². The van der Waals surface area contributed by atoms with Crippen molar-refractivity contribution >= 4 is 5.97 Å². The number of rotatable bonds is 4. The van der Waals surface area contributed by atoms with E-state index >= 15 is 0 Å². The first-order valence-corrected chi connectivity index (χ1v) is 5.87. The summed E-state index contributed by atoms with van der Waals surface area (Å²) in [7, 11) is 0. The summed E-state index contributed by atoms with van der Waals surface area (Å²) in [5.41, 5.74) is 0. The van der Waals surface area contributed by atoms with E-state index in [2.05, 4.69) is 4.90 Å². The fourth-order valence-corrected chi connectivity index (χ4v) is 2.73. The van der Waals surface area contributed by atoms with Gasteiger partial charge >= 0.3 is 5.97 Å². The van der Waals surface area contributed by atoms with Crippen LogP contribution < -0.4 is 0 Å². The van der Waals surface area contributed by atoms with E-state index in [9.17, 15) is 4.79 Å². The summed E-state index contributed by atoms with van der Waals surface area (Å²) in [6.45, 7) is 4.40. The maximum Gasteiger partial charge on any atom is 0.330 e. The van der Waals surface area contributed by atoms with Gasteiger partial charge in [-0.2, -0.15) is 0 Å². The van der Waals surface area contributed by atoms with Gasteiger partial charge in [0.25, 0.3) is 0 Å². The lowest BCUT2D eigenvalue weighted by Gasteiger charge is -2.24. The molecule has 1 saturated heterocycles. The van der Waals surface area contributed by atoms with Crippen LogP contribution in [0.1, 0.15) is 26.2 Å². The van der Waals surface area contributed by atoms with Crippen molar-refractivity contribution in [2.75, 3.05) is 19.7 Å². The fraction of sp³-hybridized carbons (Fsp3) is 0.750. The van der Waals surface area contributed by atoms with Crippen molar-refractivity contribution < 1.29 is 9.53 Å². The summed E-state index contributed by atoms with van der Waals surface area (Å²) in [6, 6.07) is 0.779. The summed E-state index contributed by atoms with van der Waals surface area (Å²) >= 11 is 0. The van der Waals surface area contributed by atoms with E-state index in [1.165, 1.54) is 25.8 Å². The number of carbonyl (C=O) groups is 1. The number of ether oxygens (including phenoxy) is 1. The molecule has 2 rings (SSSR count). The third kappa shape index (κ3) is 2.59. The monoisotopic (exact) mass is 209 g/mol. The molecule has 15 heavy (non-hydrogen) atoms. The smallest absolute Gasteiger partial charge is 0.330 e. The summed E-state index contributed by atoms with van der Waals surface area (Å²) in [5.74, 6) is 0.702. The van der Waals surface area contributed by atoms with Gasteiger partial charge in [0, 0.05) is 25.2 Å². The lowest BCUT2D eigenvalue weighted by Crippen LogP contribution is -2.32. The number of likely N-dealkylation sites (tertiary alicyclic amines) is 1. The highest BCUT2D eigenvalue weighted by Gasteiger charge is 2.36. The molecule has 0 aromatic heterocycles. The van der Waals surface area contributed by atoms with Gasteiger partial charge in [-0.15, -0.1) is 0 Å². The molecule has 2 aliphatic rings. The molecule has 84 valence electrons. The molecule has 3 heteroatoms. The van der Waals surface area contributed by atoms with Crippen molar-refractivity contribution in [3.63, 3.8) is 0 Å². The largest absolute Gasteiger partial charge is 0.463 e. The van der Waals surface area contributed by atoms with E-state index in [-0.39, 0.29) is 5.97 Å². The second-order valence-electron chi connectivity index (χ2n) is 4.44. The molecular formula is C12H19NO2. The lowest BCUT2D eigenvalue weighted by atomic mass is 10.1. The van der Waals surface area contributed by atoms with Gasteiger partial charge in [-0.1, -0.05) is 6.08 Å². The van der Waals surface area contributed by atoms with Crippen LogP contribution in [0.2, 0.25) is 0 Å². The number of hydrogen-bond acceptors (Lipinski definition) is 3. The summed E-state index contributed by atoms with van der Waals surface area (Å²) in [5, 5.41) is 0. The van der Waals surface area contributed by atoms with E-state index in [0.717, 1.165) is 18.5 Å². The van der Waals surface area contributed by atoms with Crippen LogP contribution in [0, 0.1) is 5.92 Å². The molecule has 0 spiro atoms. The standard InChI is InChI=1S/C12H19NO2/c1-2-15-12(14)4-3-7-13-9-10-5-6-11(13)8-10/h3-4,10-11H,2,5-9H2,1H3/b4-3+. The van der Waals surface area contributed by atoms with E-state index in [4.69, 9.17) is 4.74 Å². The van der Waals surface area contributed by atoms with Gasteiger partial charge in [0.2, 0.25) is 0 Å². The Morgan fingerprint density at radius 3 is 3.00 bits per heavy atom. The first-order chi connectivity index (χ1) is 7.29. The quantitative estimate of drug-likeness (QED) is 0.520. The predicted octanol–water partition coefficient (Wildman–Crippen LogP) is 1.59. The van der Waals surface area contributed by atoms with Crippen molar-refractivity contribution in [2.45, 2.75) is 32.2 Å². The minimum atomic E-state index is -0.221. The second-order valence-corrected chi connectivity index (χ2v) is 4.44. The molecular weight excluding hydrogens is 190 g/mol. The molecule has 0 aromatic carbocycles. The Hall–Kier alpha value is -0.830. The first kappa shape index (κ1) is 10.7. The number of piperidine rings is 1. The summed E-state index contributed by atoms with van der Waals surface area (Å²) < 4.78 is 4.82. The number of hydrogen-bond donors (Lipinski definition) is 0. The van der Waals surface area contributed by atoms with Crippen molar-refractivity contribution in [1.29, 1.82) is 0 Å². The minimum Gasteiger partial charge on any atom is -0.463 e. The fourth-order valence-electron chi connectivity index (χ4n) is 2.73. The van der Waals surface area contributed by atoms with Crippen LogP contribution in [0.5, 0.6) is 0 Å². The molecule has 2 bridgehead atoms. The molecule has 1 saturated carbocycles. The Morgan fingerprint density at radius 2 is 2.40 bits per heavy atom. The average molecular weight is 209 g/mol. The van der Waals surface area contributed by atoms with Crippen LogP contribution >= 0.6 is 0 Å². The zero-order chi connectivity index (χ0) is 10.7. The third-order valence-electron chi connectivity index (χ3n) is 3.40. The topological polar surface area (TPSA) is 29.5 Å². The Bertz CT molecular complexity index is 262. The highest BCUT2D eigenvalue weighted by atomic mass is 16.5. The molecule has 2 atom stereocenters. The van der Waals surface area contributed by atoms with Crippen LogP contribution in [0.3, 0.4) is 0 Å². The van der Waals surface area contributed by atoms with Gasteiger partial charge in [0.15, 0.2) is 0 Å². The second kappa shape index (κ2) is 4.79. The normalized spacial score (nSPS) is 30.2. The van der Waals surface area contributed by atoms with Crippen molar-refractivity contribution in [3.8, 4) is 0 Å². The van der Waals surface area contributed by atoms with Crippen LogP contribution in [0.4, 0.5) is 0 Å². The van der Waals surface area contributed by atoms with Crippen LogP contribution in [0.15, 0.2) is 12.2 Å². The van der Waals surface area contributed by atoms with Gasteiger partial charge in [-0.05, 0) is 32.1 Å². The highest BCUT2D eigenvalue weighted by Crippen LogP contribution is 2.36. The molecule has 1 aliphatic heterocycles. The molecule has 0 radical (unpaired) electrons. The number of fused-ring (bicyclic) bond motifs is 2. The van der Waals surface area contributed by atoms with Crippen LogP contribution in [-0.4, -0.2) is 36.6 Å². The van der Waals surface area contributed by atoms with Gasteiger partial charge in [-0.3, -0.25) is 4.90 Å². The number of carbonyl (C=O) groups excluding carboxylic acids is 1. The molecule has 3 nitrogen and oxygen atoms in total. The lowest BCUT2D eigenvalue weighted by molar-refractivity contribution is -0.137. The molecule has 1 heterocycles. The Kier molecular flexibility index (Phi) is 3.41. The van der Waals surface area contributed by atoms with E-state index in [1.807, 2.05) is 13.0 Å². The van der Waals surface area contributed by atoms with Gasteiger partial charge in [0.05, 0.1) is 6.61 Å². The van der Waals surface area contributed by atoms with Crippen molar-refractivity contribution in [2.24, 2.45) is 5.92 Å². The van der Waals surface area contributed by atoms with Crippen molar-refractivity contribution in [3.05, 3.63) is 12.2 Å². The van der Waals surface area contributed by atoms with Gasteiger partial charge in [0.1, 0.15) is 0 Å². The summed E-state index contributed by atoms with van der Waals surface area (Å²) in [4.78, 5) is 13.5. The summed E-state index contributed by atoms with van der Waals surface area (Å²) in [6.07, 6.45) is 7.60. The van der Waals surface area contributed by atoms with E-state index in [0.29, 0.717) is 6.61 Å². The highest BCUT2D eigenvalue weighted by molar-refractivity contribution is 5.81. The SMILES string of the molecule is CCOC(=O)/C=C/CN1CC2CCC1C2. The minimum absolute atomic E-state index is 0.221. The zero-order valence-electron chi connectivity index (χ0n) is 9.32. The first-order valence-electron chi connectivity index (χ1n) is 5.87. The van der Waals surface area contributed by atoms with Crippen LogP contribution in [0.25, 0.3) is 0 Å². The Labute approximate surface area is 91.1 Å². The van der Waals surface area contributed by atoms with E-state index in [1.54, 1.807) is 6.08 Å². The third-order valence-corrected chi connectivity index (χ3v) is 3.40. The maximum absolute atomic E-state index is 11.0. The molecule has 0 N–H and O–H groups in total. The van der Waals surface area contributed by atoms with Crippen LogP contribution in [-0.2, 0) is 9.53 Å². The zero-order valence-corrected chi connectivity index (χ0v) is 9.32.